The number of urea groups is 1. The van der Waals surface area contributed by atoms with Gasteiger partial charge in [0, 0.05) is 30.8 Å². The molecule has 7 heteroatoms. The molecule has 2 fully saturated rings. The zero-order valence-electron chi connectivity index (χ0n) is 10.1. The molecule has 0 radical (unpaired) electrons. The summed E-state index contributed by atoms with van der Waals surface area (Å²) in [5.41, 5.74) is 5.43. The van der Waals surface area contributed by atoms with E-state index >= 15 is 0 Å². The highest BCUT2D eigenvalue weighted by Gasteiger charge is 2.40. The van der Waals surface area contributed by atoms with Crippen LogP contribution in [0.15, 0.2) is 0 Å². The fraction of sp³-hybridized carbons (Fsp3) is 0.818. The van der Waals surface area contributed by atoms with Crippen molar-refractivity contribution in [3.63, 3.8) is 0 Å². The molecule has 2 saturated heterocycles. The Labute approximate surface area is 116 Å². The van der Waals surface area contributed by atoms with Gasteiger partial charge in [0.15, 0.2) is 0 Å². The summed E-state index contributed by atoms with van der Waals surface area (Å²) in [4.78, 5) is 25.2. The van der Waals surface area contributed by atoms with E-state index in [4.69, 9.17) is 17.3 Å². The smallest absolute Gasteiger partial charge is 0.317 e. The van der Waals surface area contributed by atoms with Crippen LogP contribution in [0.5, 0.6) is 0 Å². The first-order valence-electron chi connectivity index (χ1n) is 6.12. The SMILES string of the molecule is NC(=O)C1CSCC2CCN(CCCl)C(=O)NC21. The summed E-state index contributed by atoms with van der Waals surface area (Å²) in [7, 11) is 0. The highest BCUT2D eigenvalue weighted by molar-refractivity contribution is 7.99. The zero-order chi connectivity index (χ0) is 13.1. The second-order valence-electron chi connectivity index (χ2n) is 4.75. The van der Waals surface area contributed by atoms with Gasteiger partial charge in [-0.3, -0.25) is 4.79 Å². The number of carbonyl (C=O) groups is 2. The molecule has 3 atom stereocenters. The summed E-state index contributed by atoms with van der Waals surface area (Å²) >= 11 is 7.43. The number of hydrogen-bond acceptors (Lipinski definition) is 3. The van der Waals surface area contributed by atoms with Crippen molar-refractivity contribution in [3.8, 4) is 0 Å². The largest absolute Gasteiger partial charge is 0.369 e. The van der Waals surface area contributed by atoms with Crippen molar-refractivity contribution < 1.29 is 9.59 Å². The first-order chi connectivity index (χ1) is 8.63. The lowest BCUT2D eigenvalue weighted by molar-refractivity contribution is -0.122. The number of halogens is 1. The van der Waals surface area contributed by atoms with Crippen LogP contribution in [0.4, 0.5) is 4.79 Å². The minimum absolute atomic E-state index is 0.114. The van der Waals surface area contributed by atoms with E-state index in [1.165, 1.54) is 0 Å². The highest BCUT2D eigenvalue weighted by Crippen LogP contribution is 2.31. The normalized spacial score (nSPS) is 32.4. The number of nitrogens with two attached hydrogens (primary N) is 1. The lowest BCUT2D eigenvalue weighted by Gasteiger charge is -2.34. The van der Waals surface area contributed by atoms with Gasteiger partial charge in [-0.25, -0.2) is 4.79 Å². The average molecular weight is 292 g/mol. The minimum Gasteiger partial charge on any atom is -0.369 e. The quantitative estimate of drug-likeness (QED) is 0.743. The van der Waals surface area contributed by atoms with Gasteiger partial charge in [-0.1, -0.05) is 0 Å². The van der Waals surface area contributed by atoms with Crippen molar-refractivity contribution in [2.75, 3.05) is 30.5 Å². The van der Waals surface area contributed by atoms with Crippen molar-refractivity contribution in [3.05, 3.63) is 0 Å². The lowest BCUT2D eigenvalue weighted by atomic mass is 9.87. The molecule has 5 nitrogen and oxygen atoms in total. The number of nitrogens with zero attached hydrogens (tertiary/aromatic N) is 1. The third kappa shape index (κ3) is 2.85. The molecule has 102 valence electrons. The van der Waals surface area contributed by atoms with E-state index in [1.807, 2.05) is 0 Å². The molecule has 0 aromatic carbocycles. The molecule has 0 bridgehead atoms. The van der Waals surface area contributed by atoms with Gasteiger partial charge in [0.25, 0.3) is 0 Å². The van der Waals surface area contributed by atoms with Gasteiger partial charge in [-0.15, -0.1) is 11.6 Å². The van der Waals surface area contributed by atoms with Crippen molar-refractivity contribution in [1.29, 1.82) is 0 Å². The minimum atomic E-state index is -0.316. The molecule has 0 aromatic rings. The van der Waals surface area contributed by atoms with E-state index in [9.17, 15) is 9.59 Å². The number of amides is 3. The Kier molecular flexibility index (Phi) is 4.61. The third-order valence-corrected chi connectivity index (χ3v) is 5.07. The molecule has 18 heavy (non-hydrogen) atoms. The zero-order valence-corrected chi connectivity index (χ0v) is 11.7. The number of rotatable bonds is 3. The van der Waals surface area contributed by atoms with E-state index in [2.05, 4.69) is 5.32 Å². The maximum absolute atomic E-state index is 12.0. The molecule has 2 aliphatic heterocycles. The topological polar surface area (TPSA) is 75.4 Å². The average Bonchev–Trinajstić information content (AvgIpc) is 2.49. The fourth-order valence-electron chi connectivity index (χ4n) is 2.60. The summed E-state index contributed by atoms with van der Waals surface area (Å²) in [6.45, 7) is 1.24. The van der Waals surface area contributed by atoms with Gasteiger partial charge in [0.1, 0.15) is 0 Å². The van der Waals surface area contributed by atoms with Gasteiger partial charge in [-0.2, -0.15) is 11.8 Å². The van der Waals surface area contributed by atoms with Crippen LogP contribution in [-0.4, -0.2) is 53.4 Å². The van der Waals surface area contributed by atoms with Gasteiger partial charge < -0.3 is 16.0 Å². The van der Waals surface area contributed by atoms with Crippen LogP contribution in [0, 0.1) is 11.8 Å². The van der Waals surface area contributed by atoms with Crippen molar-refractivity contribution >= 4 is 35.3 Å². The summed E-state index contributed by atoms with van der Waals surface area (Å²) in [5.74, 6) is 1.86. The predicted molar refractivity (Wildman–Crippen MR) is 72.7 cm³/mol. The third-order valence-electron chi connectivity index (χ3n) is 3.64. The number of carbonyl (C=O) groups excluding carboxylic acids is 2. The lowest BCUT2D eigenvalue weighted by Crippen LogP contribution is -2.53. The van der Waals surface area contributed by atoms with E-state index in [0.717, 1.165) is 12.2 Å². The van der Waals surface area contributed by atoms with E-state index in [0.29, 0.717) is 30.6 Å². The van der Waals surface area contributed by atoms with E-state index in [1.54, 1.807) is 16.7 Å². The molecule has 2 rings (SSSR count). The van der Waals surface area contributed by atoms with E-state index in [-0.39, 0.29) is 23.9 Å². The second-order valence-corrected chi connectivity index (χ2v) is 6.20. The summed E-state index contributed by atoms with van der Waals surface area (Å²) < 4.78 is 0. The Morgan fingerprint density at radius 1 is 1.56 bits per heavy atom. The number of primary amides is 1. The van der Waals surface area contributed by atoms with Gasteiger partial charge in [0.05, 0.1) is 5.92 Å². The standard InChI is InChI=1S/C11H18ClN3O2S/c12-2-4-15-3-1-7-5-18-6-8(10(13)16)9(7)14-11(15)17/h7-9H,1-6H2,(H2,13,16)(H,14,17). The van der Waals surface area contributed by atoms with Crippen molar-refractivity contribution in [1.82, 2.24) is 10.2 Å². The summed E-state index contributed by atoms with van der Waals surface area (Å²) in [6, 6.07) is -0.238. The molecule has 0 spiro atoms. The van der Waals surface area contributed by atoms with Crippen LogP contribution in [-0.2, 0) is 4.79 Å². The molecule has 0 aromatic heterocycles. The molecule has 0 aliphatic carbocycles. The highest BCUT2D eigenvalue weighted by atomic mass is 35.5. The molecular weight excluding hydrogens is 274 g/mol. The Bertz CT molecular complexity index is 342. The molecular formula is C11H18ClN3O2S. The number of nitrogens with one attached hydrogen (secondary N) is 1. The predicted octanol–water partition coefficient (Wildman–Crippen LogP) is 0.474. The Morgan fingerprint density at radius 3 is 3.00 bits per heavy atom. The summed E-state index contributed by atoms with van der Waals surface area (Å²) in [5, 5.41) is 2.96. The number of thioether (sulfide) groups is 1. The number of alkyl halides is 1. The Balaban J connectivity index is 2.11. The molecule has 0 saturated carbocycles. The molecule has 2 heterocycles. The first kappa shape index (κ1) is 13.8. The molecule has 3 unspecified atom stereocenters. The summed E-state index contributed by atoms with van der Waals surface area (Å²) in [6.07, 6.45) is 0.900. The maximum Gasteiger partial charge on any atom is 0.317 e. The molecule has 3 N–H and O–H groups in total. The molecule has 2 aliphatic rings. The Hall–Kier alpha value is -0.620. The monoisotopic (exact) mass is 291 g/mol. The fourth-order valence-corrected chi connectivity index (χ4v) is 4.24. The van der Waals surface area contributed by atoms with Crippen LogP contribution < -0.4 is 11.1 Å². The van der Waals surface area contributed by atoms with E-state index < -0.39 is 0 Å². The van der Waals surface area contributed by atoms with Gasteiger partial charge in [0.2, 0.25) is 5.91 Å². The number of fused-ring (bicyclic) bond motifs is 1. The van der Waals surface area contributed by atoms with Crippen molar-refractivity contribution in [2.24, 2.45) is 17.6 Å². The van der Waals surface area contributed by atoms with Crippen LogP contribution in [0.1, 0.15) is 6.42 Å². The second kappa shape index (κ2) is 6.02. The van der Waals surface area contributed by atoms with Gasteiger partial charge >= 0.3 is 6.03 Å². The van der Waals surface area contributed by atoms with Crippen LogP contribution in [0.3, 0.4) is 0 Å². The first-order valence-corrected chi connectivity index (χ1v) is 7.81. The Morgan fingerprint density at radius 2 is 2.33 bits per heavy atom. The number of hydrogen-bond donors (Lipinski definition) is 2. The molecule has 3 amide bonds. The van der Waals surface area contributed by atoms with Crippen LogP contribution in [0.25, 0.3) is 0 Å². The van der Waals surface area contributed by atoms with Crippen molar-refractivity contribution in [2.45, 2.75) is 12.5 Å². The van der Waals surface area contributed by atoms with Crippen LogP contribution >= 0.6 is 23.4 Å². The van der Waals surface area contributed by atoms with Crippen LogP contribution in [0.2, 0.25) is 0 Å². The van der Waals surface area contributed by atoms with Gasteiger partial charge in [-0.05, 0) is 18.1 Å². The maximum atomic E-state index is 12.0.